The molecule has 0 fully saturated rings. The van der Waals surface area contributed by atoms with Crippen LogP contribution in [0.15, 0.2) is 48.2 Å². The maximum absolute atomic E-state index is 12.1. The van der Waals surface area contributed by atoms with Gasteiger partial charge in [0.25, 0.3) is 5.91 Å². The second-order valence-corrected chi connectivity index (χ2v) is 5.94. The lowest BCUT2D eigenvalue weighted by molar-refractivity contribution is -0.120. The number of ether oxygens (including phenoxy) is 1. The molecule has 0 saturated carbocycles. The number of aryl methyl sites for hydroxylation is 1. The van der Waals surface area contributed by atoms with Crippen LogP contribution in [-0.4, -0.2) is 23.0 Å². The number of carbonyl (C=O) groups excluding carboxylic acids is 1. The van der Waals surface area contributed by atoms with E-state index in [1.54, 1.807) is 6.08 Å². The Kier molecular flexibility index (Phi) is 5.34. The molecule has 3 rings (SSSR count). The van der Waals surface area contributed by atoms with E-state index in [0.717, 1.165) is 12.1 Å². The van der Waals surface area contributed by atoms with E-state index < -0.39 is 0 Å². The molecule has 3 aromatic rings. The number of carbonyl (C=O) groups is 1. The molecule has 1 heterocycles. The molecule has 0 spiro atoms. The van der Waals surface area contributed by atoms with Gasteiger partial charge >= 0.3 is 0 Å². The number of hydrogen-bond acceptors (Lipinski definition) is 3. The molecule has 0 unspecified atom stereocenters. The number of hydrogen-bond donors (Lipinski definition) is 2. The number of benzene rings is 2. The Morgan fingerprint density at radius 2 is 1.92 bits per heavy atom. The third kappa shape index (κ3) is 3.37. The lowest BCUT2D eigenvalue weighted by atomic mass is 10.1. The SMILES string of the molecule is CCNC(=O)/C(=C\c1ccc2c(c1)c1ccccc1n2CC)OCS. The van der Waals surface area contributed by atoms with E-state index in [1.165, 1.54) is 21.8 Å². The Morgan fingerprint density at radius 1 is 1.16 bits per heavy atom. The molecule has 1 N–H and O–H groups in total. The number of rotatable bonds is 6. The summed E-state index contributed by atoms with van der Waals surface area (Å²) >= 11 is 4.07. The Balaban J connectivity index is 2.13. The first kappa shape index (κ1) is 17.4. The zero-order valence-electron chi connectivity index (χ0n) is 14.5. The summed E-state index contributed by atoms with van der Waals surface area (Å²) in [6, 6.07) is 14.6. The minimum Gasteiger partial charge on any atom is -0.477 e. The largest absolute Gasteiger partial charge is 0.477 e. The number of likely N-dealkylation sites (N-methyl/N-ethyl adjacent to an activating group) is 1. The molecule has 0 aliphatic carbocycles. The Labute approximate surface area is 152 Å². The average Bonchev–Trinajstić information content (AvgIpc) is 2.94. The van der Waals surface area contributed by atoms with Gasteiger partial charge in [-0.3, -0.25) is 4.79 Å². The highest BCUT2D eigenvalue weighted by atomic mass is 32.1. The maximum atomic E-state index is 12.1. The molecule has 0 atom stereocenters. The number of amides is 1. The first-order valence-corrected chi connectivity index (χ1v) is 9.07. The Hall–Kier alpha value is -2.40. The van der Waals surface area contributed by atoms with Gasteiger partial charge in [-0.15, -0.1) is 12.6 Å². The van der Waals surface area contributed by atoms with Gasteiger partial charge < -0.3 is 14.6 Å². The molecule has 0 aliphatic heterocycles. The number of fused-ring (bicyclic) bond motifs is 3. The lowest BCUT2D eigenvalue weighted by Gasteiger charge is -2.08. The highest BCUT2D eigenvalue weighted by Gasteiger charge is 2.12. The molecule has 0 saturated heterocycles. The van der Waals surface area contributed by atoms with Crippen molar-refractivity contribution in [3.63, 3.8) is 0 Å². The number of aromatic nitrogens is 1. The fourth-order valence-electron chi connectivity index (χ4n) is 3.14. The summed E-state index contributed by atoms with van der Waals surface area (Å²) in [6.45, 7) is 5.48. The first-order chi connectivity index (χ1) is 12.2. The summed E-state index contributed by atoms with van der Waals surface area (Å²) < 4.78 is 7.69. The smallest absolute Gasteiger partial charge is 0.286 e. The molecular weight excluding hydrogens is 332 g/mol. The summed E-state index contributed by atoms with van der Waals surface area (Å²) in [5, 5.41) is 5.15. The van der Waals surface area contributed by atoms with Crippen molar-refractivity contribution in [2.24, 2.45) is 0 Å². The Morgan fingerprint density at radius 3 is 2.64 bits per heavy atom. The predicted octanol–water partition coefficient (Wildman–Crippen LogP) is 4.20. The van der Waals surface area contributed by atoms with Gasteiger partial charge in [0.1, 0.15) is 5.94 Å². The van der Waals surface area contributed by atoms with E-state index in [1.807, 2.05) is 13.0 Å². The topological polar surface area (TPSA) is 43.3 Å². The standard InChI is InChI=1S/C20H22N2O2S/c1-3-21-20(23)19(24-13-25)12-14-9-10-18-16(11-14)15-7-5-6-8-17(15)22(18)4-2/h5-12,25H,3-4,13H2,1-2H3,(H,21,23)/b19-12+. The molecule has 4 nitrogen and oxygen atoms in total. The van der Waals surface area contributed by atoms with E-state index >= 15 is 0 Å². The zero-order chi connectivity index (χ0) is 17.8. The lowest BCUT2D eigenvalue weighted by Crippen LogP contribution is -2.25. The van der Waals surface area contributed by atoms with Gasteiger partial charge in [0.15, 0.2) is 5.76 Å². The highest BCUT2D eigenvalue weighted by Crippen LogP contribution is 2.30. The predicted molar refractivity (Wildman–Crippen MR) is 107 cm³/mol. The normalized spacial score (nSPS) is 11.9. The number of nitrogens with zero attached hydrogens (tertiary/aromatic N) is 1. The summed E-state index contributed by atoms with van der Waals surface area (Å²) in [7, 11) is 0. The molecule has 130 valence electrons. The van der Waals surface area contributed by atoms with Gasteiger partial charge in [0.05, 0.1) is 0 Å². The van der Waals surface area contributed by atoms with Gasteiger partial charge in [0, 0.05) is 34.9 Å². The van der Waals surface area contributed by atoms with Crippen LogP contribution in [0, 0.1) is 0 Å². The van der Waals surface area contributed by atoms with E-state index in [4.69, 9.17) is 4.74 Å². The van der Waals surface area contributed by atoms with E-state index in [9.17, 15) is 4.79 Å². The van der Waals surface area contributed by atoms with Crippen LogP contribution in [0.25, 0.3) is 27.9 Å². The molecule has 5 heteroatoms. The maximum Gasteiger partial charge on any atom is 0.286 e. The summed E-state index contributed by atoms with van der Waals surface area (Å²) in [4.78, 5) is 12.1. The monoisotopic (exact) mass is 354 g/mol. The van der Waals surface area contributed by atoms with Gasteiger partial charge in [-0.25, -0.2) is 0 Å². The summed E-state index contributed by atoms with van der Waals surface area (Å²) in [6.07, 6.45) is 1.76. The quantitative estimate of drug-likeness (QED) is 0.302. The van der Waals surface area contributed by atoms with Crippen LogP contribution >= 0.6 is 12.6 Å². The van der Waals surface area contributed by atoms with Crippen LogP contribution in [0.1, 0.15) is 19.4 Å². The molecule has 0 aliphatic rings. The summed E-state index contributed by atoms with van der Waals surface area (Å²) in [5.41, 5.74) is 3.33. The summed E-state index contributed by atoms with van der Waals surface area (Å²) in [5.74, 6) is 0.198. The second-order valence-electron chi connectivity index (χ2n) is 5.68. The van der Waals surface area contributed by atoms with E-state index in [2.05, 4.69) is 65.8 Å². The number of thiol groups is 1. The van der Waals surface area contributed by atoms with Crippen LogP contribution < -0.4 is 5.32 Å². The second kappa shape index (κ2) is 7.66. The van der Waals surface area contributed by atoms with Crippen LogP contribution in [0.5, 0.6) is 0 Å². The van der Waals surface area contributed by atoms with Crippen molar-refractivity contribution in [2.45, 2.75) is 20.4 Å². The molecule has 2 aromatic carbocycles. The molecule has 0 radical (unpaired) electrons. The molecule has 0 bridgehead atoms. The van der Waals surface area contributed by atoms with Crippen molar-refractivity contribution in [2.75, 3.05) is 12.5 Å². The Bertz CT molecular complexity index is 943. The fourth-order valence-corrected chi connectivity index (χ4v) is 3.28. The van der Waals surface area contributed by atoms with Crippen molar-refractivity contribution < 1.29 is 9.53 Å². The molecule has 1 aromatic heterocycles. The van der Waals surface area contributed by atoms with Crippen LogP contribution in [0.2, 0.25) is 0 Å². The third-order valence-electron chi connectivity index (χ3n) is 4.19. The van der Waals surface area contributed by atoms with Crippen molar-refractivity contribution >= 4 is 46.4 Å². The third-order valence-corrected chi connectivity index (χ3v) is 4.32. The van der Waals surface area contributed by atoms with Gasteiger partial charge in [-0.05, 0) is 43.7 Å². The number of para-hydroxylation sites is 1. The molecule has 1 amide bonds. The van der Waals surface area contributed by atoms with Gasteiger partial charge in [0.2, 0.25) is 0 Å². The molecule has 25 heavy (non-hydrogen) atoms. The van der Waals surface area contributed by atoms with E-state index in [-0.39, 0.29) is 17.6 Å². The average molecular weight is 354 g/mol. The van der Waals surface area contributed by atoms with Crippen molar-refractivity contribution in [1.29, 1.82) is 0 Å². The van der Waals surface area contributed by atoms with Crippen molar-refractivity contribution in [3.8, 4) is 0 Å². The van der Waals surface area contributed by atoms with Gasteiger partial charge in [-0.1, -0.05) is 24.3 Å². The zero-order valence-corrected chi connectivity index (χ0v) is 15.3. The first-order valence-electron chi connectivity index (χ1n) is 8.44. The van der Waals surface area contributed by atoms with Crippen LogP contribution in [0.3, 0.4) is 0 Å². The minimum atomic E-state index is -0.229. The van der Waals surface area contributed by atoms with Crippen molar-refractivity contribution in [3.05, 3.63) is 53.8 Å². The molecular formula is C20H22N2O2S. The fraction of sp³-hybridized carbons (Fsp3) is 0.250. The highest BCUT2D eigenvalue weighted by molar-refractivity contribution is 7.80. The minimum absolute atomic E-state index is 0.153. The van der Waals surface area contributed by atoms with Crippen LogP contribution in [-0.2, 0) is 16.1 Å². The van der Waals surface area contributed by atoms with Gasteiger partial charge in [-0.2, -0.15) is 0 Å². The van der Waals surface area contributed by atoms with Crippen LogP contribution in [0.4, 0.5) is 0 Å². The van der Waals surface area contributed by atoms with Crippen molar-refractivity contribution in [1.82, 2.24) is 9.88 Å². The number of nitrogens with one attached hydrogen (secondary N) is 1. The van der Waals surface area contributed by atoms with E-state index in [0.29, 0.717) is 6.54 Å².